The molecule has 3 rings (SSSR count). The molecule has 4 nitrogen and oxygen atoms in total. The molecule has 2 aromatic rings. The first kappa shape index (κ1) is 18.7. The summed E-state index contributed by atoms with van der Waals surface area (Å²) in [6, 6.07) is 12.8. The number of methoxy groups -OCH3 is 2. The molecule has 0 aromatic heterocycles. The van der Waals surface area contributed by atoms with Crippen molar-refractivity contribution < 1.29 is 9.47 Å². The van der Waals surface area contributed by atoms with Crippen LogP contribution in [0.5, 0.6) is 11.5 Å². The molecule has 2 aromatic carbocycles. The number of benzene rings is 2. The van der Waals surface area contributed by atoms with Crippen molar-refractivity contribution in [2.75, 3.05) is 40.4 Å². The summed E-state index contributed by atoms with van der Waals surface area (Å²) in [6.45, 7) is 10.7. The molecule has 0 bridgehead atoms. The molecule has 1 heterocycles. The van der Waals surface area contributed by atoms with E-state index in [1.807, 2.05) is 12.1 Å². The van der Waals surface area contributed by atoms with Crippen LogP contribution in [0.3, 0.4) is 0 Å². The van der Waals surface area contributed by atoms with Gasteiger partial charge in [0, 0.05) is 44.8 Å². The van der Waals surface area contributed by atoms with E-state index in [1.54, 1.807) is 14.2 Å². The number of rotatable bonds is 6. The van der Waals surface area contributed by atoms with E-state index in [0.29, 0.717) is 0 Å². The van der Waals surface area contributed by atoms with Gasteiger partial charge in [0.15, 0.2) is 0 Å². The molecule has 0 N–H and O–H groups in total. The number of ether oxygens (including phenoxy) is 2. The Morgan fingerprint density at radius 2 is 1.42 bits per heavy atom. The summed E-state index contributed by atoms with van der Waals surface area (Å²) in [6.07, 6.45) is 0. The number of piperazine rings is 1. The highest BCUT2D eigenvalue weighted by atomic mass is 16.5. The highest BCUT2D eigenvalue weighted by Crippen LogP contribution is 2.26. The first-order valence-electron chi connectivity index (χ1n) is 9.31. The molecule has 1 aliphatic rings. The lowest BCUT2D eigenvalue weighted by Gasteiger charge is -2.35. The van der Waals surface area contributed by atoms with Crippen molar-refractivity contribution in [2.24, 2.45) is 0 Å². The van der Waals surface area contributed by atoms with Gasteiger partial charge in [0.2, 0.25) is 0 Å². The molecular formula is C22H30N2O2. The van der Waals surface area contributed by atoms with E-state index in [0.717, 1.165) is 50.8 Å². The molecule has 0 spiro atoms. The number of hydrogen-bond acceptors (Lipinski definition) is 4. The van der Waals surface area contributed by atoms with Gasteiger partial charge in [-0.1, -0.05) is 23.8 Å². The Morgan fingerprint density at radius 3 is 2.00 bits per heavy atom. The van der Waals surface area contributed by atoms with Crippen LogP contribution in [0, 0.1) is 13.8 Å². The van der Waals surface area contributed by atoms with E-state index in [2.05, 4.69) is 47.9 Å². The Hall–Kier alpha value is -2.04. The van der Waals surface area contributed by atoms with Gasteiger partial charge in [-0.25, -0.2) is 0 Å². The van der Waals surface area contributed by atoms with E-state index >= 15 is 0 Å². The maximum absolute atomic E-state index is 5.52. The van der Waals surface area contributed by atoms with E-state index in [9.17, 15) is 0 Å². The predicted octanol–water partition coefficient (Wildman–Crippen LogP) is 3.64. The van der Waals surface area contributed by atoms with Crippen LogP contribution in [0.15, 0.2) is 36.4 Å². The summed E-state index contributed by atoms with van der Waals surface area (Å²) in [5.41, 5.74) is 5.37. The predicted molar refractivity (Wildman–Crippen MR) is 106 cm³/mol. The van der Waals surface area contributed by atoms with E-state index in [4.69, 9.17) is 9.47 Å². The van der Waals surface area contributed by atoms with Crippen LogP contribution in [0.25, 0.3) is 0 Å². The molecule has 1 aliphatic heterocycles. The van der Waals surface area contributed by atoms with Gasteiger partial charge in [-0.15, -0.1) is 0 Å². The van der Waals surface area contributed by atoms with Crippen molar-refractivity contribution in [1.82, 2.24) is 9.80 Å². The maximum atomic E-state index is 5.52. The highest BCUT2D eigenvalue weighted by Gasteiger charge is 2.19. The van der Waals surface area contributed by atoms with E-state index < -0.39 is 0 Å². The average molecular weight is 354 g/mol. The van der Waals surface area contributed by atoms with Gasteiger partial charge < -0.3 is 9.47 Å². The number of aryl methyl sites for hydroxylation is 2. The van der Waals surface area contributed by atoms with Gasteiger partial charge in [0.25, 0.3) is 0 Å². The lowest BCUT2D eigenvalue weighted by molar-refractivity contribution is 0.121. The second kappa shape index (κ2) is 8.56. The Morgan fingerprint density at radius 1 is 0.769 bits per heavy atom. The number of hydrogen-bond donors (Lipinski definition) is 0. The van der Waals surface area contributed by atoms with Crippen LogP contribution in [0.2, 0.25) is 0 Å². The molecule has 0 aliphatic carbocycles. The molecular weight excluding hydrogens is 324 g/mol. The Kier molecular flexibility index (Phi) is 6.17. The van der Waals surface area contributed by atoms with Crippen LogP contribution in [-0.4, -0.2) is 50.2 Å². The largest absolute Gasteiger partial charge is 0.497 e. The van der Waals surface area contributed by atoms with Gasteiger partial charge in [-0.2, -0.15) is 0 Å². The lowest BCUT2D eigenvalue weighted by Crippen LogP contribution is -2.45. The average Bonchev–Trinajstić information content (AvgIpc) is 2.65. The molecule has 0 unspecified atom stereocenters. The Balaban J connectivity index is 1.57. The molecule has 0 atom stereocenters. The van der Waals surface area contributed by atoms with Crippen LogP contribution in [0.4, 0.5) is 0 Å². The summed E-state index contributed by atoms with van der Waals surface area (Å²) in [4.78, 5) is 5.05. The molecule has 0 saturated carbocycles. The summed E-state index contributed by atoms with van der Waals surface area (Å²) in [7, 11) is 3.44. The SMILES string of the molecule is COc1ccc(OC)c(CN2CCN(Cc3ccc(C)cc3C)CC2)c1. The second-order valence-corrected chi connectivity index (χ2v) is 7.16. The van der Waals surface area contributed by atoms with Crippen molar-refractivity contribution >= 4 is 0 Å². The van der Waals surface area contributed by atoms with Crippen LogP contribution in [-0.2, 0) is 13.1 Å². The molecule has 1 fully saturated rings. The minimum atomic E-state index is 0.884. The third-order valence-corrected chi connectivity index (χ3v) is 5.24. The molecule has 0 amide bonds. The Labute approximate surface area is 157 Å². The molecule has 4 heteroatoms. The first-order chi connectivity index (χ1) is 12.6. The van der Waals surface area contributed by atoms with Crippen LogP contribution in [0.1, 0.15) is 22.3 Å². The van der Waals surface area contributed by atoms with E-state index in [1.165, 1.54) is 22.3 Å². The van der Waals surface area contributed by atoms with Gasteiger partial charge >= 0.3 is 0 Å². The standard InChI is InChI=1S/C22H30N2O2/c1-17-5-6-19(18(2)13-17)15-23-9-11-24(12-10-23)16-20-14-21(25-3)7-8-22(20)26-4/h5-8,13-14H,9-12,15-16H2,1-4H3. The third-order valence-electron chi connectivity index (χ3n) is 5.24. The van der Waals surface area contributed by atoms with Crippen LogP contribution >= 0.6 is 0 Å². The smallest absolute Gasteiger partial charge is 0.123 e. The fourth-order valence-corrected chi connectivity index (χ4v) is 3.62. The van der Waals surface area contributed by atoms with Gasteiger partial charge in [0.05, 0.1) is 14.2 Å². The summed E-state index contributed by atoms with van der Waals surface area (Å²) in [5.74, 6) is 1.82. The van der Waals surface area contributed by atoms with Crippen molar-refractivity contribution in [3.8, 4) is 11.5 Å². The molecule has 26 heavy (non-hydrogen) atoms. The van der Waals surface area contributed by atoms with Gasteiger partial charge in [-0.3, -0.25) is 9.80 Å². The topological polar surface area (TPSA) is 24.9 Å². The van der Waals surface area contributed by atoms with Crippen molar-refractivity contribution in [1.29, 1.82) is 0 Å². The zero-order valence-electron chi connectivity index (χ0n) is 16.4. The van der Waals surface area contributed by atoms with Gasteiger partial charge in [-0.05, 0) is 43.2 Å². The minimum absolute atomic E-state index is 0.884. The molecule has 140 valence electrons. The zero-order chi connectivity index (χ0) is 18.5. The van der Waals surface area contributed by atoms with Crippen molar-refractivity contribution in [3.05, 3.63) is 58.7 Å². The van der Waals surface area contributed by atoms with Crippen molar-refractivity contribution in [3.63, 3.8) is 0 Å². The normalized spacial score (nSPS) is 15.8. The summed E-state index contributed by atoms with van der Waals surface area (Å²) < 4.78 is 10.9. The zero-order valence-corrected chi connectivity index (χ0v) is 16.4. The third kappa shape index (κ3) is 4.57. The van der Waals surface area contributed by atoms with Gasteiger partial charge in [0.1, 0.15) is 11.5 Å². The van der Waals surface area contributed by atoms with E-state index in [-0.39, 0.29) is 0 Å². The highest BCUT2D eigenvalue weighted by molar-refractivity contribution is 5.40. The quantitative estimate of drug-likeness (QED) is 0.791. The fraction of sp³-hybridized carbons (Fsp3) is 0.455. The summed E-state index contributed by atoms with van der Waals surface area (Å²) in [5, 5.41) is 0. The first-order valence-corrected chi connectivity index (χ1v) is 9.31. The lowest BCUT2D eigenvalue weighted by atomic mass is 10.0. The van der Waals surface area contributed by atoms with Crippen LogP contribution < -0.4 is 9.47 Å². The molecule has 0 radical (unpaired) electrons. The second-order valence-electron chi connectivity index (χ2n) is 7.16. The minimum Gasteiger partial charge on any atom is -0.497 e. The Bertz CT molecular complexity index is 737. The van der Waals surface area contributed by atoms with Crippen molar-refractivity contribution in [2.45, 2.75) is 26.9 Å². The monoisotopic (exact) mass is 354 g/mol. The number of nitrogens with zero attached hydrogens (tertiary/aromatic N) is 2. The maximum Gasteiger partial charge on any atom is 0.123 e. The summed E-state index contributed by atoms with van der Waals surface area (Å²) >= 11 is 0. The molecule has 1 saturated heterocycles. The fourth-order valence-electron chi connectivity index (χ4n) is 3.62.